The molecule has 5 nitrogen and oxygen atoms in total. The van der Waals surface area contributed by atoms with Crippen molar-refractivity contribution in [2.45, 2.75) is 11.8 Å². The summed E-state index contributed by atoms with van der Waals surface area (Å²) in [6.45, 7) is 0. The molecular weight excluding hydrogens is 382 g/mol. The Hall–Kier alpha value is -3.09. The van der Waals surface area contributed by atoms with Crippen LogP contribution in [0.5, 0.6) is 0 Å². The molecule has 2 aliphatic rings. The van der Waals surface area contributed by atoms with Gasteiger partial charge in [0.05, 0.1) is 22.9 Å². The Morgan fingerprint density at radius 2 is 1.72 bits per heavy atom. The van der Waals surface area contributed by atoms with Gasteiger partial charge < -0.3 is 11.5 Å². The average molecular weight is 404 g/mol. The zero-order chi connectivity index (χ0) is 20.4. The lowest BCUT2D eigenvalue weighted by molar-refractivity contribution is 0.0895. The number of anilines is 1. The van der Waals surface area contributed by atoms with E-state index in [1.165, 1.54) is 5.56 Å². The quantitative estimate of drug-likeness (QED) is 0.392. The number of fused-ring (bicyclic) bond motifs is 2. The Morgan fingerprint density at radius 1 is 1.00 bits per heavy atom. The molecule has 4 rings (SSSR count). The SMILES string of the molecule is Nc1ccc2n(C(=O)C(N)CSCc3ccccc3)c3ccccc3cc-2c1=O. The summed E-state index contributed by atoms with van der Waals surface area (Å²) in [6.07, 6.45) is 0. The zero-order valence-corrected chi connectivity index (χ0v) is 16.6. The van der Waals surface area contributed by atoms with Gasteiger partial charge in [0.15, 0.2) is 0 Å². The maximum atomic E-state index is 13.3. The first-order chi connectivity index (χ1) is 14.1. The van der Waals surface area contributed by atoms with Gasteiger partial charge in [-0.15, -0.1) is 0 Å². The van der Waals surface area contributed by atoms with Crippen LogP contribution in [0.25, 0.3) is 22.2 Å². The first-order valence-electron chi connectivity index (χ1n) is 9.30. The highest BCUT2D eigenvalue weighted by molar-refractivity contribution is 7.98. The lowest BCUT2D eigenvalue weighted by atomic mass is 10.0. The van der Waals surface area contributed by atoms with E-state index in [0.29, 0.717) is 17.0 Å². The number of carbonyl (C=O) groups is 1. The number of nitrogens with zero attached hydrogens (tertiary/aromatic N) is 1. The number of pyridine rings is 1. The summed E-state index contributed by atoms with van der Waals surface area (Å²) in [5.41, 5.74) is 14.8. The van der Waals surface area contributed by atoms with E-state index in [0.717, 1.165) is 16.7 Å². The number of nitrogens with two attached hydrogens (primary N) is 2. The van der Waals surface area contributed by atoms with Gasteiger partial charge in [-0.05, 0) is 35.2 Å². The molecule has 4 N–H and O–H groups in total. The molecule has 1 atom stereocenters. The van der Waals surface area contributed by atoms with E-state index in [2.05, 4.69) is 0 Å². The van der Waals surface area contributed by atoms with Crippen molar-refractivity contribution < 1.29 is 4.79 Å². The fourth-order valence-corrected chi connectivity index (χ4v) is 4.33. The molecule has 146 valence electrons. The fourth-order valence-electron chi connectivity index (χ4n) is 3.39. The minimum atomic E-state index is -0.699. The van der Waals surface area contributed by atoms with Crippen molar-refractivity contribution in [3.8, 4) is 11.3 Å². The maximum Gasteiger partial charge on any atom is 0.249 e. The normalized spacial score (nSPS) is 12.3. The first-order valence-corrected chi connectivity index (χ1v) is 10.5. The average Bonchev–Trinajstić information content (AvgIpc) is 2.75. The van der Waals surface area contributed by atoms with Gasteiger partial charge in [-0.2, -0.15) is 11.8 Å². The van der Waals surface area contributed by atoms with Crippen LogP contribution in [0.4, 0.5) is 5.69 Å². The van der Waals surface area contributed by atoms with E-state index in [1.54, 1.807) is 34.5 Å². The number of carbonyl (C=O) groups excluding carboxylic acids is 1. The summed E-state index contributed by atoms with van der Waals surface area (Å²) in [7, 11) is 0. The molecule has 0 amide bonds. The summed E-state index contributed by atoms with van der Waals surface area (Å²) in [4.78, 5) is 25.9. The van der Waals surface area contributed by atoms with Crippen LogP contribution in [-0.2, 0) is 5.75 Å². The van der Waals surface area contributed by atoms with E-state index >= 15 is 0 Å². The van der Waals surface area contributed by atoms with Crippen molar-refractivity contribution >= 4 is 34.3 Å². The van der Waals surface area contributed by atoms with Crippen LogP contribution in [0.1, 0.15) is 10.4 Å². The van der Waals surface area contributed by atoms with E-state index < -0.39 is 6.04 Å². The highest BCUT2D eigenvalue weighted by Gasteiger charge is 2.23. The molecule has 0 saturated heterocycles. The second-order valence-corrected chi connectivity index (χ2v) is 7.93. The molecule has 29 heavy (non-hydrogen) atoms. The van der Waals surface area contributed by atoms with Crippen LogP contribution in [0.15, 0.2) is 77.6 Å². The van der Waals surface area contributed by atoms with Gasteiger partial charge in [0.1, 0.15) is 0 Å². The number of aromatic nitrogens is 1. The topological polar surface area (TPSA) is 91.1 Å². The molecule has 0 saturated carbocycles. The highest BCUT2D eigenvalue weighted by atomic mass is 32.2. The van der Waals surface area contributed by atoms with Crippen LogP contribution in [0.2, 0.25) is 0 Å². The minimum absolute atomic E-state index is 0.162. The third-order valence-corrected chi connectivity index (χ3v) is 6.00. The second-order valence-electron chi connectivity index (χ2n) is 6.90. The van der Waals surface area contributed by atoms with Gasteiger partial charge in [0.2, 0.25) is 11.3 Å². The molecule has 0 fully saturated rings. The minimum Gasteiger partial charge on any atom is -0.396 e. The molecule has 1 unspecified atom stereocenters. The van der Waals surface area contributed by atoms with Gasteiger partial charge >= 0.3 is 0 Å². The van der Waals surface area contributed by atoms with Crippen LogP contribution in [0, 0.1) is 0 Å². The summed E-state index contributed by atoms with van der Waals surface area (Å²) in [5, 5.41) is 0.792. The predicted molar refractivity (Wildman–Crippen MR) is 120 cm³/mol. The molecule has 0 spiro atoms. The molecule has 0 radical (unpaired) electrons. The number of hydrogen-bond acceptors (Lipinski definition) is 5. The Balaban J connectivity index is 1.68. The fraction of sp³-hybridized carbons (Fsp3) is 0.130. The van der Waals surface area contributed by atoms with E-state index in [1.807, 2.05) is 54.6 Å². The van der Waals surface area contributed by atoms with Crippen LogP contribution < -0.4 is 16.9 Å². The van der Waals surface area contributed by atoms with Crippen LogP contribution in [-0.4, -0.2) is 22.3 Å². The van der Waals surface area contributed by atoms with Crippen molar-refractivity contribution in [2.75, 3.05) is 11.5 Å². The lowest BCUT2D eigenvalue weighted by Gasteiger charge is -2.20. The number of thioether (sulfide) groups is 1. The first kappa shape index (κ1) is 19.2. The van der Waals surface area contributed by atoms with Gasteiger partial charge in [-0.25, -0.2) is 0 Å². The van der Waals surface area contributed by atoms with Crippen molar-refractivity contribution in [1.82, 2.24) is 4.57 Å². The largest absolute Gasteiger partial charge is 0.396 e. The van der Waals surface area contributed by atoms with Crippen molar-refractivity contribution in [1.29, 1.82) is 0 Å². The van der Waals surface area contributed by atoms with Crippen molar-refractivity contribution in [3.05, 3.63) is 88.6 Å². The number of benzene rings is 3. The predicted octanol–water partition coefficient (Wildman–Crippen LogP) is 3.59. The molecule has 1 aliphatic heterocycles. The molecule has 1 aliphatic carbocycles. The number of rotatable bonds is 5. The smallest absolute Gasteiger partial charge is 0.249 e. The molecule has 6 heteroatoms. The highest BCUT2D eigenvalue weighted by Crippen LogP contribution is 2.27. The van der Waals surface area contributed by atoms with Crippen molar-refractivity contribution in [3.63, 3.8) is 0 Å². The Labute approximate surface area is 172 Å². The van der Waals surface area contributed by atoms with Crippen LogP contribution >= 0.6 is 11.8 Å². The van der Waals surface area contributed by atoms with Gasteiger partial charge in [-0.3, -0.25) is 14.2 Å². The van der Waals surface area contributed by atoms with Crippen molar-refractivity contribution in [2.24, 2.45) is 5.73 Å². The second kappa shape index (κ2) is 8.11. The number of nitrogen functional groups attached to an aromatic ring is 1. The van der Waals surface area contributed by atoms with E-state index in [-0.39, 0.29) is 17.0 Å². The summed E-state index contributed by atoms with van der Waals surface area (Å²) in [6, 6.07) is 21.9. The Bertz CT molecular complexity index is 1200. The maximum absolute atomic E-state index is 13.3. The molecule has 2 aromatic carbocycles. The van der Waals surface area contributed by atoms with Gasteiger partial charge in [-0.1, -0.05) is 48.5 Å². The Kier molecular flexibility index (Phi) is 5.38. The molecule has 0 bridgehead atoms. The third-order valence-electron chi connectivity index (χ3n) is 4.87. The number of hydrogen-bond donors (Lipinski definition) is 2. The molecule has 1 heterocycles. The standard InChI is InChI=1S/C23H21N3O2S/c24-18-10-11-21-17(22(18)27)12-16-8-4-5-9-20(16)26(21)23(28)19(25)14-29-13-15-6-2-1-3-7-15/h1-12,19H,13-14,24-25H2. The Morgan fingerprint density at radius 3 is 2.52 bits per heavy atom. The van der Waals surface area contributed by atoms with Crippen LogP contribution in [0.3, 0.4) is 0 Å². The summed E-state index contributed by atoms with van der Waals surface area (Å²) in [5.74, 6) is 1.02. The lowest BCUT2D eigenvalue weighted by Crippen LogP contribution is -2.38. The number of para-hydroxylation sites is 1. The van der Waals surface area contributed by atoms with E-state index in [9.17, 15) is 9.59 Å². The molecule has 0 aromatic heterocycles. The third kappa shape index (κ3) is 3.77. The van der Waals surface area contributed by atoms with Gasteiger partial charge in [0.25, 0.3) is 0 Å². The zero-order valence-electron chi connectivity index (χ0n) is 15.7. The van der Waals surface area contributed by atoms with E-state index in [4.69, 9.17) is 11.5 Å². The summed E-state index contributed by atoms with van der Waals surface area (Å²) < 4.78 is 1.55. The van der Waals surface area contributed by atoms with Gasteiger partial charge in [0, 0.05) is 17.1 Å². The molecule has 2 aromatic rings. The summed E-state index contributed by atoms with van der Waals surface area (Å²) >= 11 is 1.61. The molecular formula is C23H21N3O2S. The monoisotopic (exact) mass is 403 g/mol.